The Morgan fingerprint density at radius 2 is 1.75 bits per heavy atom. The molecule has 118 valence electrons. The summed E-state index contributed by atoms with van der Waals surface area (Å²) in [6.45, 7) is 0. The maximum absolute atomic E-state index is 5.34. The Labute approximate surface area is 138 Å². The lowest BCUT2D eigenvalue weighted by molar-refractivity contribution is 0.417. The number of aromatic nitrogens is 4. The normalized spacial score (nSPS) is 10.7. The molecular weight excluding hydrogens is 302 g/mol. The third kappa shape index (κ3) is 2.54. The molecule has 0 saturated heterocycles. The first-order valence-corrected chi connectivity index (χ1v) is 7.51. The Morgan fingerprint density at radius 1 is 0.958 bits per heavy atom. The van der Waals surface area contributed by atoms with Gasteiger partial charge in [-0.05, 0) is 24.3 Å². The fourth-order valence-electron chi connectivity index (χ4n) is 2.52. The monoisotopic (exact) mass is 317 g/mol. The third-order valence-corrected chi connectivity index (χ3v) is 3.65. The number of para-hydroxylation sites is 3. The first-order valence-electron chi connectivity index (χ1n) is 7.51. The van der Waals surface area contributed by atoms with Gasteiger partial charge in [0.2, 0.25) is 0 Å². The van der Waals surface area contributed by atoms with Crippen molar-refractivity contribution in [1.82, 2.24) is 19.7 Å². The summed E-state index contributed by atoms with van der Waals surface area (Å²) in [7, 11) is 1.64. The van der Waals surface area contributed by atoms with Crippen LogP contribution in [0.25, 0.3) is 16.9 Å². The molecule has 2 aromatic heterocycles. The van der Waals surface area contributed by atoms with E-state index in [1.807, 2.05) is 54.6 Å². The Morgan fingerprint density at radius 3 is 2.58 bits per heavy atom. The highest BCUT2D eigenvalue weighted by Gasteiger charge is 2.09. The van der Waals surface area contributed by atoms with E-state index >= 15 is 0 Å². The zero-order valence-electron chi connectivity index (χ0n) is 13.0. The van der Waals surface area contributed by atoms with E-state index in [4.69, 9.17) is 4.74 Å². The van der Waals surface area contributed by atoms with E-state index in [1.165, 1.54) is 0 Å². The molecule has 24 heavy (non-hydrogen) atoms. The van der Waals surface area contributed by atoms with Crippen molar-refractivity contribution >= 4 is 22.7 Å². The predicted octanol–water partition coefficient (Wildman–Crippen LogP) is 3.57. The summed E-state index contributed by atoms with van der Waals surface area (Å²) in [4.78, 5) is 9.08. The van der Waals surface area contributed by atoms with Crippen LogP contribution in [0.3, 0.4) is 0 Å². The number of ether oxygens (including phenoxy) is 1. The molecule has 2 aromatic carbocycles. The molecule has 4 rings (SSSR count). The zero-order chi connectivity index (χ0) is 16.4. The fourth-order valence-corrected chi connectivity index (χ4v) is 2.52. The van der Waals surface area contributed by atoms with Gasteiger partial charge in [0.05, 0.1) is 30.9 Å². The number of methoxy groups -OCH3 is 1. The number of fused-ring (bicyclic) bond motifs is 1. The first kappa shape index (κ1) is 14.2. The lowest BCUT2D eigenvalue weighted by Gasteiger charge is -2.10. The molecular formula is C18H15N5O. The van der Waals surface area contributed by atoms with Crippen molar-refractivity contribution in [2.75, 3.05) is 12.4 Å². The van der Waals surface area contributed by atoms with Gasteiger partial charge in [0.25, 0.3) is 0 Å². The number of anilines is 2. The van der Waals surface area contributed by atoms with Crippen molar-refractivity contribution in [3.63, 3.8) is 0 Å². The molecule has 0 fully saturated rings. The standard InChI is InChI=1S/C18H15N5O/c1-24-16-10-6-5-9-14(16)21-17-12-19-18-15(22-17)11-20-23(18)13-7-3-2-4-8-13/h2-12H,1H3,(H,21,22). The molecule has 4 aromatic rings. The van der Waals surface area contributed by atoms with Gasteiger partial charge in [0.15, 0.2) is 5.65 Å². The summed E-state index contributed by atoms with van der Waals surface area (Å²) in [6, 6.07) is 17.5. The van der Waals surface area contributed by atoms with Crippen LogP contribution in [-0.4, -0.2) is 26.9 Å². The van der Waals surface area contributed by atoms with Crippen LogP contribution in [0.2, 0.25) is 0 Å². The maximum atomic E-state index is 5.34. The molecule has 6 heteroatoms. The van der Waals surface area contributed by atoms with E-state index in [0.717, 1.165) is 22.6 Å². The molecule has 0 aliphatic rings. The summed E-state index contributed by atoms with van der Waals surface area (Å²) in [5, 5.41) is 7.62. The van der Waals surface area contributed by atoms with E-state index < -0.39 is 0 Å². The Kier molecular flexibility index (Phi) is 3.55. The van der Waals surface area contributed by atoms with Crippen molar-refractivity contribution < 1.29 is 4.74 Å². The van der Waals surface area contributed by atoms with Gasteiger partial charge in [-0.25, -0.2) is 14.6 Å². The second-order valence-electron chi connectivity index (χ2n) is 5.18. The van der Waals surface area contributed by atoms with Crippen LogP contribution >= 0.6 is 0 Å². The molecule has 0 radical (unpaired) electrons. The average molecular weight is 317 g/mol. The average Bonchev–Trinajstić information content (AvgIpc) is 3.06. The lowest BCUT2D eigenvalue weighted by atomic mass is 10.3. The largest absolute Gasteiger partial charge is 0.495 e. The number of benzene rings is 2. The highest BCUT2D eigenvalue weighted by Crippen LogP contribution is 2.26. The van der Waals surface area contributed by atoms with Crippen LogP contribution in [0, 0.1) is 0 Å². The smallest absolute Gasteiger partial charge is 0.181 e. The van der Waals surface area contributed by atoms with Crippen LogP contribution in [0.1, 0.15) is 0 Å². The van der Waals surface area contributed by atoms with E-state index in [0.29, 0.717) is 11.5 Å². The molecule has 0 aliphatic heterocycles. The van der Waals surface area contributed by atoms with Gasteiger partial charge in [-0.3, -0.25) is 0 Å². The molecule has 0 aliphatic carbocycles. The second kappa shape index (κ2) is 6.00. The molecule has 2 heterocycles. The van der Waals surface area contributed by atoms with Crippen molar-refractivity contribution in [2.24, 2.45) is 0 Å². The summed E-state index contributed by atoms with van der Waals surface area (Å²) in [5.41, 5.74) is 3.22. The van der Waals surface area contributed by atoms with E-state index in [-0.39, 0.29) is 0 Å². The minimum atomic E-state index is 0.639. The first-order chi connectivity index (χ1) is 11.8. The van der Waals surface area contributed by atoms with Gasteiger partial charge in [0, 0.05) is 0 Å². The Bertz CT molecular complexity index is 981. The van der Waals surface area contributed by atoms with Crippen molar-refractivity contribution in [3.8, 4) is 11.4 Å². The minimum Gasteiger partial charge on any atom is -0.495 e. The number of nitrogens with zero attached hydrogens (tertiary/aromatic N) is 4. The summed E-state index contributed by atoms with van der Waals surface area (Å²) in [5.74, 6) is 1.39. The summed E-state index contributed by atoms with van der Waals surface area (Å²) >= 11 is 0. The summed E-state index contributed by atoms with van der Waals surface area (Å²) < 4.78 is 7.11. The highest BCUT2D eigenvalue weighted by atomic mass is 16.5. The van der Waals surface area contributed by atoms with Gasteiger partial charge in [-0.2, -0.15) is 5.10 Å². The van der Waals surface area contributed by atoms with Crippen molar-refractivity contribution in [3.05, 3.63) is 67.0 Å². The maximum Gasteiger partial charge on any atom is 0.181 e. The molecule has 6 nitrogen and oxygen atoms in total. The van der Waals surface area contributed by atoms with Gasteiger partial charge >= 0.3 is 0 Å². The predicted molar refractivity (Wildman–Crippen MR) is 92.9 cm³/mol. The molecule has 0 atom stereocenters. The second-order valence-corrected chi connectivity index (χ2v) is 5.18. The van der Waals surface area contributed by atoms with Crippen molar-refractivity contribution in [2.45, 2.75) is 0 Å². The molecule has 0 saturated carbocycles. The van der Waals surface area contributed by atoms with Crippen LogP contribution < -0.4 is 10.1 Å². The number of hydrogen-bond acceptors (Lipinski definition) is 5. The molecule has 0 unspecified atom stereocenters. The lowest BCUT2D eigenvalue weighted by Crippen LogP contribution is -2.00. The van der Waals surface area contributed by atoms with E-state index in [2.05, 4.69) is 20.4 Å². The number of hydrogen-bond donors (Lipinski definition) is 1. The Hall–Kier alpha value is -3.41. The van der Waals surface area contributed by atoms with Crippen LogP contribution in [0.5, 0.6) is 5.75 Å². The molecule has 0 spiro atoms. The topological polar surface area (TPSA) is 64.9 Å². The van der Waals surface area contributed by atoms with Gasteiger partial charge < -0.3 is 10.1 Å². The molecule has 1 N–H and O–H groups in total. The third-order valence-electron chi connectivity index (χ3n) is 3.65. The SMILES string of the molecule is COc1ccccc1Nc1cnc2c(cnn2-c2ccccc2)n1. The van der Waals surface area contributed by atoms with Crippen molar-refractivity contribution in [1.29, 1.82) is 0 Å². The fraction of sp³-hybridized carbons (Fsp3) is 0.0556. The van der Waals surface area contributed by atoms with Crippen LogP contribution in [0.15, 0.2) is 67.0 Å². The number of rotatable bonds is 4. The quantitative estimate of drug-likeness (QED) is 0.623. The Balaban J connectivity index is 1.70. The van der Waals surface area contributed by atoms with E-state index in [9.17, 15) is 0 Å². The molecule has 0 bridgehead atoms. The minimum absolute atomic E-state index is 0.639. The van der Waals surface area contributed by atoms with Gasteiger partial charge in [-0.15, -0.1) is 0 Å². The summed E-state index contributed by atoms with van der Waals surface area (Å²) in [6.07, 6.45) is 3.40. The zero-order valence-corrected chi connectivity index (χ0v) is 13.0. The van der Waals surface area contributed by atoms with E-state index in [1.54, 1.807) is 24.2 Å². The highest BCUT2D eigenvalue weighted by molar-refractivity contribution is 5.75. The van der Waals surface area contributed by atoms with Crippen LogP contribution in [0.4, 0.5) is 11.5 Å². The number of nitrogens with one attached hydrogen (secondary N) is 1. The molecule has 0 amide bonds. The van der Waals surface area contributed by atoms with Gasteiger partial charge in [-0.1, -0.05) is 30.3 Å². The van der Waals surface area contributed by atoms with Crippen LogP contribution in [-0.2, 0) is 0 Å². The van der Waals surface area contributed by atoms with Gasteiger partial charge in [0.1, 0.15) is 17.1 Å².